The standard InChI is InChI=1S/C17H30N2O2/c1-15(11-7-3-2-4-8-12-16(18)20)17(21)19-13-9-5-6-10-14-19/h1-14H2,(H2,18,20). The van der Waals surface area contributed by atoms with Crippen LogP contribution in [-0.4, -0.2) is 29.8 Å². The molecule has 1 fully saturated rings. The monoisotopic (exact) mass is 294 g/mol. The summed E-state index contributed by atoms with van der Waals surface area (Å²) in [6.45, 7) is 5.75. The van der Waals surface area contributed by atoms with E-state index in [1.807, 2.05) is 4.90 Å². The summed E-state index contributed by atoms with van der Waals surface area (Å²) < 4.78 is 0. The fourth-order valence-corrected chi connectivity index (χ4v) is 2.77. The predicted molar refractivity (Wildman–Crippen MR) is 85.7 cm³/mol. The molecule has 0 aromatic rings. The van der Waals surface area contributed by atoms with Gasteiger partial charge in [0.05, 0.1) is 0 Å². The van der Waals surface area contributed by atoms with Crippen LogP contribution < -0.4 is 5.73 Å². The number of carbonyl (C=O) groups is 2. The summed E-state index contributed by atoms with van der Waals surface area (Å²) >= 11 is 0. The average molecular weight is 294 g/mol. The number of unbranched alkanes of at least 4 members (excludes halogenated alkanes) is 4. The van der Waals surface area contributed by atoms with E-state index in [9.17, 15) is 9.59 Å². The normalized spacial score (nSPS) is 15.5. The Labute approximate surface area is 128 Å². The SMILES string of the molecule is C=C(CCCCCCCC(N)=O)C(=O)N1CCCCCC1. The molecule has 2 amide bonds. The van der Waals surface area contributed by atoms with Gasteiger partial charge in [-0.25, -0.2) is 0 Å². The van der Waals surface area contributed by atoms with Crippen LogP contribution in [0, 0.1) is 0 Å². The topological polar surface area (TPSA) is 63.4 Å². The third-order valence-electron chi connectivity index (χ3n) is 4.10. The van der Waals surface area contributed by atoms with Crippen molar-refractivity contribution in [2.24, 2.45) is 5.73 Å². The predicted octanol–water partition coefficient (Wildman–Crippen LogP) is 3.16. The Morgan fingerprint density at radius 3 is 1.95 bits per heavy atom. The van der Waals surface area contributed by atoms with Crippen molar-refractivity contribution < 1.29 is 9.59 Å². The van der Waals surface area contributed by atoms with Gasteiger partial charge < -0.3 is 10.6 Å². The Balaban J connectivity index is 2.09. The highest BCUT2D eigenvalue weighted by Gasteiger charge is 2.17. The largest absolute Gasteiger partial charge is 0.370 e. The van der Waals surface area contributed by atoms with Gasteiger partial charge in [-0.3, -0.25) is 9.59 Å². The maximum Gasteiger partial charge on any atom is 0.249 e. The molecule has 0 radical (unpaired) electrons. The van der Waals surface area contributed by atoms with Crippen molar-refractivity contribution in [3.8, 4) is 0 Å². The first-order valence-corrected chi connectivity index (χ1v) is 8.36. The van der Waals surface area contributed by atoms with E-state index in [-0.39, 0.29) is 11.8 Å². The molecule has 0 atom stereocenters. The number of carbonyl (C=O) groups excluding carboxylic acids is 2. The third-order valence-corrected chi connectivity index (χ3v) is 4.10. The summed E-state index contributed by atoms with van der Waals surface area (Å²) in [5.74, 6) is -0.0583. The summed E-state index contributed by atoms with van der Waals surface area (Å²) in [7, 11) is 0. The van der Waals surface area contributed by atoms with E-state index in [2.05, 4.69) is 6.58 Å². The zero-order valence-corrected chi connectivity index (χ0v) is 13.2. The van der Waals surface area contributed by atoms with Gasteiger partial charge in [0.2, 0.25) is 11.8 Å². The summed E-state index contributed by atoms with van der Waals surface area (Å²) in [6.07, 6.45) is 11.1. The zero-order chi connectivity index (χ0) is 15.5. The number of hydrogen-bond donors (Lipinski definition) is 1. The number of likely N-dealkylation sites (tertiary alicyclic amines) is 1. The molecule has 0 aromatic heterocycles. The molecule has 0 saturated carbocycles. The van der Waals surface area contributed by atoms with Crippen molar-refractivity contribution in [3.05, 3.63) is 12.2 Å². The van der Waals surface area contributed by atoms with Gasteiger partial charge in [-0.2, -0.15) is 0 Å². The molecule has 4 heteroatoms. The van der Waals surface area contributed by atoms with Crippen LogP contribution in [0.4, 0.5) is 0 Å². The van der Waals surface area contributed by atoms with Gasteiger partial charge in [-0.15, -0.1) is 0 Å². The van der Waals surface area contributed by atoms with Crippen LogP contribution in [-0.2, 0) is 9.59 Å². The van der Waals surface area contributed by atoms with Gasteiger partial charge >= 0.3 is 0 Å². The summed E-state index contributed by atoms with van der Waals surface area (Å²) in [6, 6.07) is 0. The Bertz CT molecular complexity index is 345. The zero-order valence-electron chi connectivity index (χ0n) is 13.2. The molecule has 1 aliphatic rings. The fourth-order valence-electron chi connectivity index (χ4n) is 2.77. The minimum Gasteiger partial charge on any atom is -0.370 e. The molecule has 0 spiro atoms. The van der Waals surface area contributed by atoms with Crippen molar-refractivity contribution in [1.29, 1.82) is 0 Å². The molecular weight excluding hydrogens is 264 g/mol. The Morgan fingerprint density at radius 2 is 1.38 bits per heavy atom. The lowest BCUT2D eigenvalue weighted by molar-refractivity contribution is -0.127. The minimum atomic E-state index is -0.216. The van der Waals surface area contributed by atoms with Crippen LogP contribution in [0.1, 0.15) is 70.6 Å². The molecule has 1 saturated heterocycles. The van der Waals surface area contributed by atoms with Gasteiger partial charge in [-0.1, -0.05) is 38.7 Å². The molecule has 4 nitrogen and oxygen atoms in total. The highest BCUT2D eigenvalue weighted by Crippen LogP contribution is 2.16. The lowest BCUT2D eigenvalue weighted by atomic mass is 10.0. The van der Waals surface area contributed by atoms with Crippen LogP contribution in [0.15, 0.2) is 12.2 Å². The highest BCUT2D eigenvalue weighted by atomic mass is 16.2. The first kappa shape index (κ1) is 17.7. The van der Waals surface area contributed by atoms with Crippen LogP contribution in [0.25, 0.3) is 0 Å². The van der Waals surface area contributed by atoms with Crippen molar-refractivity contribution in [2.45, 2.75) is 70.6 Å². The molecule has 0 aliphatic carbocycles. The van der Waals surface area contributed by atoms with E-state index in [1.54, 1.807) is 0 Å². The van der Waals surface area contributed by atoms with Crippen LogP contribution in [0.3, 0.4) is 0 Å². The molecule has 1 aliphatic heterocycles. The van der Waals surface area contributed by atoms with E-state index in [0.717, 1.165) is 70.0 Å². The van der Waals surface area contributed by atoms with Crippen LogP contribution in [0.2, 0.25) is 0 Å². The molecule has 0 bridgehead atoms. The number of rotatable bonds is 9. The molecule has 1 heterocycles. The quantitative estimate of drug-likeness (QED) is 0.524. The molecular formula is C17H30N2O2. The molecule has 120 valence electrons. The van der Waals surface area contributed by atoms with Crippen LogP contribution >= 0.6 is 0 Å². The maximum absolute atomic E-state index is 12.3. The van der Waals surface area contributed by atoms with Crippen molar-refractivity contribution in [2.75, 3.05) is 13.1 Å². The number of hydrogen-bond acceptors (Lipinski definition) is 2. The van der Waals surface area contributed by atoms with Crippen molar-refractivity contribution in [1.82, 2.24) is 4.90 Å². The first-order valence-electron chi connectivity index (χ1n) is 8.36. The molecule has 1 rings (SSSR count). The first-order chi connectivity index (χ1) is 10.1. The summed E-state index contributed by atoms with van der Waals surface area (Å²) in [4.78, 5) is 24.8. The fraction of sp³-hybridized carbons (Fsp3) is 0.765. The van der Waals surface area contributed by atoms with Gasteiger partial charge in [-0.05, 0) is 32.1 Å². The number of amides is 2. The Hall–Kier alpha value is -1.32. The Morgan fingerprint density at radius 1 is 0.857 bits per heavy atom. The van der Waals surface area contributed by atoms with Gasteiger partial charge in [0, 0.05) is 25.1 Å². The highest BCUT2D eigenvalue weighted by molar-refractivity contribution is 5.92. The van der Waals surface area contributed by atoms with Crippen molar-refractivity contribution >= 4 is 11.8 Å². The lowest BCUT2D eigenvalue weighted by Gasteiger charge is -2.21. The second-order valence-corrected chi connectivity index (χ2v) is 6.04. The minimum absolute atomic E-state index is 0.158. The Kier molecular flexibility index (Phi) is 8.79. The molecule has 0 aromatic carbocycles. The van der Waals surface area contributed by atoms with Gasteiger partial charge in [0.25, 0.3) is 0 Å². The summed E-state index contributed by atoms with van der Waals surface area (Å²) in [5.41, 5.74) is 5.85. The van der Waals surface area contributed by atoms with Crippen molar-refractivity contribution in [3.63, 3.8) is 0 Å². The molecule has 2 N–H and O–H groups in total. The van der Waals surface area contributed by atoms with Crippen LogP contribution in [0.5, 0.6) is 0 Å². The maximum atomic E-state index is 12.3. The second kappa shape index (κ2) is 10.4. The van der Waals surface area contributed by atoms with E-state index >= 15 is 0 Å². The third kappa shape index (κ3) is 7.88. The second-order valence-electron chi connectivity index (χ2n) is 6.04. The van der Waals surface area contributed by atoms with E-state index in [1.165, 1.54) is 12.8 Å². The lowest BCUT2D eigenvalue weighted by Crippen LogP contribution is -2.32. The smallest absolute Gasteiger partial charge is 0.249 e. The number of primary amides is 1. The summed E-state index contributed by atoms with van der Waals surface area (Å²) in [5, 5.41) is 0. The average Bonchev–Trinajstić information content (AvgIpc) is 2.74. The van der Waals surface area contributed by atoms with Gasteiger partial charge in [0.1, 0.15) is 0 Å². The number of nitrogens with zero attached hydrogens (tertiary/aromatic N) is 1. The van der Waals surface area contributed by atoms with Gasteiger partial charge in [0.15, 0.2) is 0 Å². The van der Waals surface area contributed by atoms with E-state index in [4.69, 9.17) is 5.73 Å². The number of nitrogens with two attached hydrogens (primary N) is 1. The molecule has 21 heavy (non-hydrogen) atoms. The van der Waals surface area contributed by atoms with E-state index in [0.29, 0.717) is 6.42 Å². The van der Waals surface area contributed by atoms with E-state index < -0.39 is 0 Å². The molecule has 0 unspecified atom stereocenters.